The van der Waals surface area contributed by atoms with Crippen molar-refractivity contribution in [3.8, 4) is 0 Å². The van der Waals surface area contributed by atoms with Crippen LogP contribution in [0.25, 0.3) is 0 Å². The number of aryl methyl sites for hydroxylation is 1. The van der Waals surface area contributed by atoms with E-state index in [1.54, 1.807) is 34.6 Å². The van der Waals surface area contributed by atoms with Gasteiger partial charge in [0.05, 0.1) is 0 Å². The lowest BCUT2D eigenvalue weighted by atomic mass is 9.99. The van der Waals surface area contributed by atoms with Crippen molar-refractivity contribution in [2.45, 2.75) is 116 Å². The second-order valence-corrected chi connectivity index (χ2v) is 14.9. The molecule has 0 saturated carbocycles. The Balaban J connectivity index is 1.97. The Hall–Kier alpha value is -5.47. The second kappa shape index (κ2) is 22.2. The summed E-state index contributed by atoms with van der Waals surface area (Å²) in [5.41, 5.74) is 1.73. The molecule has 15 nitrogen and oxygen atoms in total. The molecule has 7 amide bonds. The van der Waals surface area contributed by atoms with Gasteiger partial charge in [-0.2, -0.15) is 0 Å². The lowest BCUT2D eigenvalue weighted by Gasteiger charge is -2.31. The first kappa shape index (κ1) is 44.9. The molecule has 7 unspecified atom stereocenters. The number of rotatable bonds is 11. The first-order valence-corrected chi connectivity index (χ1v) is 19.5. The molecule has 0 aliphatic carbocycles. The van der Waals surface area contributed by atoms with E-state index in [-0.39, 0.29) is 25.8 Å². The number of benzene rings is 2. The number of nitrogens with one attached hydrogen (secondary N) is 6. The van der Waals surface area contributed by atoms with Crippen LogP contribution in [0.5, 0.6) is 0 Å². The molecule has 1 fully saturated rings. The molecule has 0 radical (unpaired) electrons. The lowest BCUT2D eigenvalue weighted by molar-refractivity contribution is -0.142. The summed E-state index contributed by atoms with van der Waals surface area (Å²) in [6.07, 6.45) is 2.09. The molecule has 7 atom stereocenters. The van der Waals surface area contributed by atoms with Gasteiger partial charge in [-0.05, 0) is 62.0 Å². The van der Waals surface area contributed by atoms with Crippen molar-refractivity contribution in [3.05, 3.63) is 71.8 Å². The molecule has 0 bridgehead atoms. The monoisotopic (exact) mass is 777 g/mol. The van der Waals surface area contributed by atoms with Gasteiger partial charge in [0.2, 0.25) is 29.5 Å². The summed E-state index contributed by atoms with van der Waals surface area (Å²) in [5.74, 6) is -4.91. The van der Waals surface area contributed by atoms with E-state index in [0.717, 1.165) is 11.1 Å². The molecule has 56 heavy (non-hydrogen) atoms. The molecule has 2 aromatic carbocycles. The molecule has 1 saturated heterocycles. The zero-order valence-electron chi connectivity index (χ0n) is 33.3. The van der Waals surface area contributed by atoms with Gasteiger partial charge < -0.3 is 41.9 Å². The number of nitrogens with zero attached hydrogens (tertiary/aromatic N) is 1. The summed E-state index contributed by atoms with van der Waals surface area (Å²) in [7, 11) is 1.46. The van der Waals surface area contributed by atoms with Crippen molar-refractivity contribution < 1.29 is 38.7 Å². The van der Waals surface area contributed by atoms with Gasteiger partial charge >= 0.3 is 12.0 Å². The van der Waals surface area contributed by atoms with Gasteiger partial charge in [0.1, 0.15) is 36.3 Å². The quantitative estimate of drug-likeness (QED) is 0.179. The van der Waals surface area contributed by atoms with Crippen LogP contribution >= 0.6 is 0 Å². The maximum absolute atomic E-state index is 14.1. The predicted molar refractivity (Wildman–Crippen MR) is 211 cm³/mol. The second-order valence-electron chi connectivity index (χ2n) is 14.9. The van der Waals surface area contributed by atoms with E-state index in [1.807, 2.05) is 60.7 Å². The molecule has 2 aromatic rings. The molecular formula is C41H59N7O8. The van der Waals surface area contributed by atoms with Crippen molar-refractivity contribution in [2.24, 2.45) is 11.8 Å². The van der Waals surface area contributed by atoms with Gasteiger partial charge in [0, 0.05) is 20.0 Å². The average Bonchev–Trinajstić information content (AvgIpc) is 3.18. The summed E-state index contributed by atoms with van der Waals surface area (Å²) < 4.78 is 0. The fourth-order valence-corrected chi connectivity index (χ4v) is 6.33. The highest BCUT2D eigenvalue weighted by Gasteiger charge is 2.35. The normalized spacial score (nSPS) is 23.2. The van der Waals surface area contributed by atoms with Gasteiger partial charge in [-0.15, -0.1) is 0 Å². The van der Waals surface area contributed by atoms with Crippen LogP contribution in [0.15, 0.2) is 60.7 Å². The average molecular weight is 778 g/mol. The molecular weight excluding hydrogens is 718 g/mol. The largest absolute Gasteiger partial charge is 0.480 e. The Kier molecular flexibility index (Phi) is 17.8. The van der Waals surface area contributed by atoms with Crippen LogP contribution in [0.1, 0.15) is 77.8 Å². The van der Waals surface area contributed by atoms with E-state index in [1.165, 1.54) is 11.9 Å². The summed E-state index contributed by atoms with van der Waals surface area (Å²) in [6.45, 7) is 8.68. The molecule has 0 spiro atoms. The van der Waals surface area contributed by atoms with Crippen molar-refractivity contribution >= 4 is 41.5 Å². The first-order valence-electron chi connectivity index (χ1n) is 19.5. The number of amides is 7. The van der Waals surface area contributed by atoms with E-state index >= 15 is 0 Å². The Morgan fingerprint density at radius 1 is 0.821 bits per heavy atom. The topological polar surface area (TPSA) is 215 Å². The SMILES string of the molecule is CCC(C)C(NC(=O)NC1CCCCNC(=O)C(Cc2ccccc2)NC(=O)C(C)N(C)C(=O)C(CCc2ccccc2)NC(=O)C(C(C)C)NC1=O)C(=O)O. The molecule has 1 aliphatic heterocycles. The van der Waals surface area contributed by atoms with Crippen LogP contribution in [-0.4, -0.2) is 101 Å². The van der Waals surface area contributed by atoms with Crippen molar-refractivity contribution in [3.63, 3.8) is 0 Å². The Labute approximate surface area is 329 Å². The smallest absolute Gasteiger partial charge is 0.326 e. The van der Waals surface area contributed by atoms with E-state index in [9.17, 15) is 38.7 Å². The highest BCUT2D eigenvalue weighted by Crippen LogP contribution is 2.14. The minimum atomic E-state index is -1.22. The zero-order valence-corrected chi connectivity index (χ0v) is 33.3. The number of aliphatic carboxylic acids is 1. The zero-order chi connectivity index (χ0) is 41.4. The van der Waals surface area contributed by atoms with E-state index in [4.69, 9.17) is 0 Å². The minimum Gasteiger partial charge on any atom is -0.480 e. The summed E-state index contributed by atoms with van der Waals surface area (Å²) in [6, 6.07) is 11.1. The number of hydrogen-bond acceptors (Lipinski definition) is 7. The van der Waals surface area contributed by atoms with Gasteiger partial charge in [0.15, 0.2) is 0 Å². The van der Waals surface area contributed by atoms with Gasteiger partial charge in [-0.1, -0.05) is 94.8 Å². The van der Waals surface area contributed by atoms with Crippen LogP contribution in [0, 0.1) is 11.8 Å². The van der Waals surface area contributed by atoms with Crippen LogP contribution in [-0.2, 0) is 41.6 Å². The van der Waals surface area contributed by atoms with E-state index < -0.39 is 89.6 Å². The third-order valence-electron chi connectivity index (χ3n) is 10.3. The van der Waals surface area contributed by atoms with Crippen molar-refractivity contribution in [2.75, 3.05) is 13.6 Å². The maximum Gasteiger partial charge on any atom is 0.326 e. The molecule has 3 rings (SSSR count). The summed E-state index contributed by atoms with van der Waals surface area (Å²) in [5, 5.41) is 26.0. The molecule has 1 heterocycles. The van der Waals surface area contributed by atoms with Crippen molar-refractivity contribution in [1.82, 2.24) is 36.8 Å². The number of carboxylic acid groups (broad SMARTS) is 1. The lowest BCUT2D eigenvalue weighted by Crippen LogP contribution is -2.60. The number of carboxylic acids is 1. The fraction of sp³-hybridized carbons (Fsp3) is 0.537. The molecule has 0 aromatic heterocycles. The van der Waals surface area contributed by atoms with E-state index in [0.29, 0.717) is 25.7 Å². The number of hydrogen-bond donors (Lipinski definition) is 7. The molecule has 15 heteroatoms. The van der Waals surface area contributed by atoms with Gasteiger partial charge in [0.25, 0.3) is 0 Å². The van der Waals surface area contributed by atoms with Crippen LogP contribution in [0.3, 0.4) is 0 Å². The minimum absolute atomic E-state index is 0.0906. The number of carbonyl (C=O) groups excluding carboxylic acids is 6. The Morgan fingerprint density at radius 3 is 2.02 bits per heavy atom. The number of carbonyl (C=O) groups is 7. The first-order chi connectivity index (χ1) is 26.6. The Morgan fingerprint density at radius 2 is 1.43 bits per heavy atom. The fourth-order valence-electron chi connectivity index (χ4n) is 6.33. The van der Waals surface area contributed by atoms with Crippen LogP contribution in [0.4, 0.5) is 4.79 Å². The predicted octanol–water partition coefficient (Wildman–Crippen LogP) is 2.29. The van der Waals surface area contributed by atoms with E-state index in [2.05, 4.69) is 31.9 Å². The summed E-state index contributed by atoms with van der Waals surface area (Å²) >= 11 is 0. The number of likely N-dealkylation sites (N-methyl/N-ethyl adjacent to an activating group) is 1. The third kappa shape index (κ3) is 13.7. The molecule has 1 aliphatic rings. The van der Waals surface area contributed by atoms with Crippen molar-refractivity contribution in [1.29, 1.82) is 0 Å². The molecule has 306 valence electrons. The number of urea groups is 1. The standard InChI is InChI=1S/C41H59N7O8/c1-7-26(4)34(40(54)55)47-41(56)45-30-20-14-15-23-42-36(50)32(24-29-18-12-9-13-19-29)44-35(49)27(5)48(6)39(53)31(22-21-28-16-10-8-11-17-28)43-38(52)33(25(2)3)46-37(30)51/h8-13,16-19,25-27,30-34H,7,14-15,20-24H2,1-6H3,(H,42,50)(H,43,52)(H,44,49)(H,46,51)(H,54,55)(H2,45,47,56). The summed E-state index contributed by atoms with van der Waals surface area (Å²) in [4.78, 5) is 95.5. The van der Waals surface area contributed by atoms with Crippen LogP contribution < -0.4 is 31.9 Å². The van der Waals surface area contributed by atoms with Crippen LogP contribution in [0.2, 0.25) is 0 Å². The highest BCUT2D eigenvalue weighted by molar-refractivity contribution is 5.96. The van der Waals surface area contributed by atoms with Gasteiger partial charge in [-0.25, -0.2) is 9.59 Å². The third-order valence-corrected chi connectivity index (χ3v) is 10.3. The molecule has 7 N–H and O–H groups in total. The van der Waals surface area contributed by atoms with Gasteiger partial charge in [-0.3, -0.25) is 24.0 Å². The maximum atomic E-state index is 14.1. The highest BCUT2D eigenvalue weighted by atomic mass is 16.4. The Bertz CT molecular complexity index is 1640.